The highest BCUT2D eigenvalue weighted by atomic mass is 127. The first-order chi connectivity index (χ1) is 6.80. The van der Waals surface area contributed by atoms with Gasteiger partial charge in [-0.1, -0.05) is 66.0 Å². The Bertz CT molecular complexity index is 386. The highest BCUT2D eigenvalue weighted by Gasteiger charge is 2.16. The number of hydrogen-bond donors (Lipinski definition) is 0. The molecule has 0 fully saturated rings. The molecule has 0 aliphatic heterocycles. The Hall–Kier alpha value is -0.0931. The maximum Gasteiger partial charge on any atom is 0.0854 e. The number of aryl methyl sites for hydroxylation is 2. The smallest absolute Gasteiger partial charge is 0.0652 e. The van der Waals surface area contributed by atoms with Crippen molar-refractivity contribution in [3.05, 3.63) is 38.1 Å². The lowest BCUT2D eigenvalue weighted by molar-refractivity contribution is 1.37. The molecule has 0 aliphatic carbocycles. The van der Waals surface area contributed by atoms with E-state index in [1.165, 1.54) is 19.9 Å². The molecule has 2 heteroatoms. The summed E-state index contributed by atoms with van der Waals surface area (Å²) in [6.07, 6.45) is 2.35. The molecule has 15 heavy (non-hydrogen) atoms. The summed E-state index contributed by atoms with van der Waals surface area (Å²) in [5.41, 5.74) is 4.09. The fourth-order valence-electron chi connectivity index (χ4n) is 1.34. The van der Waals surface area contributed by atoms with E-state index >= 15 is 0 Å². The van der Waals surface area contributed by atoms with Gasteiger partial charge in [0.05, 0.1) is 8.07 Å². The predicted octanol–water partition coefficient (Wildman–Crippen LogP) is 4.96. The van der Waals surface area contributed by atoms with Crippen molar-refractivity contribution in [2.75, 3.05) is 0 Å². The minimum absolute atomic E-state index is 1.13. The molecular weight excluding hydrogens is 311 g/mol. The third kappa shape index (κ3) is 3.76. The molecule has 0 aliphatic rings. The Morgan fingerprint density at radius 3 is 2.27 bits per heavy atom. The van der Waals surface area contributed by atoms with Gasteiger partial charge in [0, 0.05) is 0 Å². The van der Waals surface area contributed by atoms with Crippen LogP contribution in [0.15, 0.2) is 21.4 Å². The largest absolute Gasteiger partial charge is 0.0854 e. The molecule has 1 rings (SSSR count). The Morgan fingerprint density at radius 1 is 1.20 bits per heavy atom. The zero-order valence-electron chi connectivity index (χ0n) is 10.2. The Kier molecular flexibility index (Phi) is 4.18. The van der Waals surface area contributed by atoms with E-state index in [4.69, 9.17) is 0 Å². The van der Waals surface area contributed by atoms with Crippen LogP contribution in [0.4, 0.5) is 0 Å². The maximum absolute atomic E-state index is 2.50. The van der Waals surface area contributed by atoms with Crippen molar-refractivity contribution < 1.29 is 0 Å². The second-order valence-electron chi connectivity index (χ2n) is 5.10. The van der Waals surface area contributed by atoms with Gasteiger partial charge in [0.25, 0.3) is 0 Å². The molecule has 0 radical (unpaired) electrons. The molecule has 1 aromatic carbocycles. The molecular formula is C13H19ISi. The topological polar surface area (TPSA) is 0 Å². The monoisotopic (exact) mass is 330 g/mol. The van der Waals surface area contributed by atoms with Crippen molar-refractivity contribution in [1.82, 2.24) is 0 Å². The van der Waals surface area contributed by atoms with Crippen molar-refractivity contribution in [2.24, 2.45) is 0 Å². The van der Waals surface area contributed by atoms with Crippen LogP contribution in [0.1, 0.15) is 16.7 Å². The van der Waals surface area contributed by atoms with Gasteiger partial charge in [-0.25, -0.2) is 0 Å². The molecule has 0 N–H and O–H groups in total. The third-order valence-corrected chi connectivity index (χ3v) is 9.17. The van der Waals surface area contributed by atoms with Crippen LogP contribution in [0.25, 0.3) is 6.08 Å². The Morgan fingerprint density at radius 2 is 1.80 bits per heavy atom. The van der Waals surface area contributed by atoms with Crippen molar-refractivity contribution in [3.8, 4) is 0 Å². The van der Waals surface area contributed by atoms with Crippen LogP contribution in [-0.4, -0.2) is 8.07 Å². The number of rotatable bonds is 2. The fraction of sp³-hybridized carbons (Fsp3) is 0.385. The molecule has 0 saturated heterocycles. The van der Waals surface area contributed by atoms with E-state index < -0.39 is 8.07 Å². The zero-order valence-corrected chi connectivity index (χ0v) is 13.3. The van der Waals surface area contributed by atoms with E-state index in [0.717, 1.165) is 0 Å². The molecule has 0 atom stereocenters. The number of hydrogen-bond acceptors (Lipinski definition) is 0. The molecule has 0 unspecified atom stereocenters. The van der Waals surface area contributed by atoms with Gasteiger partial charge in [-0.3, -0.25) is 0 Å². The SMILES string of the molecule is Cc1ccc(/C=C(\I)[Si](C)(C)C)c(C)c1. The molecule has 0 nitrogen and oxygen atoms in total. The highest BCUT2D eigenvalue weighted by Crippen LogP contribution is 2.25. The van der Waals surface area contributed by atoms with E-state index in [2.05, 4.69) is 80.4 Å². The van der Waals surface area contributed by atoms with Gasteiger partial charge in [-0.2, -0.15) is 0 Å². The van der Waals surface area contributed by atoms with Crippen LogP contribution >= 0.6 is 22.6 Å². The summed E-state index contributed by atoms with van der Waals surface area (Å²) >= 11 is 2.50. The fourth-order valence-corrected chi connectivity index (χ4v) is 2.26. The van der Waals surface area contributed by atoms with Crippen LogP contribution < -0.4 is 0 Å². The van der Waals surface area contributed by atoms with Crippen molar-refractivity contribution >= 4 is 36.7 Å². The average Bonchev–Trinajstić information content (AvgIpc) is 2.08. The first-order valence-corrected chi connectivity index (χ1v) is 9.83. The van der Waals surface area contributed by atoms with Crippen LogP contribution in [0.3, 0.4) is 0 Å². The summed E-state index contributed by atoms with van der Waals surface area (Å²) in [4.78, 5) is 0. The van der Waals surface area contributed by atoms with Gasteiger partial charge in [0.15, 0.2) is 0 Å². The van der Waals surface area contributed by atoms with Crippen LogP contribution in [0.5, 0.6) is 0 Å². The van der Waals surface area contributed by atoms with E-state index in [-0.39, 0.29) is 0 Å². The lowest BCUT2D eigenvalue weighted by Crippen LogP contribution is -2.19. The molecule has 0 heterocycles. The van der Waals surface area contributed by atoms with Crippen molar-refractivity contribution in [1.29, 1.82) is 0 Å². The van der Waals surface area contributed by atoms with Gasteiger partial charge in [-0.05, 0) is 34.3 Å². The van der Waals surface area contributed by atoms with E-state index in [1.54, 1.807) is 0 Å². The van der Waals surface area contributed by atoms with Crippen LogP contribution in [0.2, 0.25) is 19.6 Å². The lowest BCUT2D eigenvalue weighted by atomic mass is 10.1. The van der Waals surface area contributed by atoms with E-state index in [1.807, 2.05) is 0 Å². The van der Waals surface area contributed by atoms with E-state index in [9.17, 15) is 0 Å². The van der Waals surface area contributed by atoms with Gasteiger partial charge in [0.1, 0.15) is 0 Å². The zero-order chi connectivity index (χ0) is 11.6. The highest BCUT2D eigenvalue weighted by molar-refractivity contribution is 14.1. The normalized spacial score (nSPS) is 13.1. The summed E-state index contributed by atoms with van der Waals surface area (Å²) in [7, 11) is -1.13. The van der Waals surface area contributed by atoms with Gasteiger partial charge in [-0.15, -0.1) is 0 Å². The molecule has 0 spiro atoms. The van der Waals surface area contributed by atoms with Crippen molar-refractivity contribution in [3.63, 3.8) is 0 Å². The maximum atomic E-state index is 2.50. The predicted molar refractivity (Wildman–Crippen MR) is 81.3 cm³/mol. The van der Waals surface area contributed by atoms with E-state index in [0.29, 0.717) is 0 Å². The lowest BCUT2D eigenvalue weighted by Gasteiger charge is -2.15. The Labute approximate surface area is 108 Å². The Balaban J connectivity index is 3.09. The molecule has 82 valence electrons. The molecule has 0 amide bonds. The van der Waals surface area contributed by atoms with Gasteiger partial charge < -0.3 is 0 Å². The second kappa shape index (κ2) is 4.83. The quantitative estimate of drug-likeness (QED) is 0.531. The summed E-state index contributed by atoms with van der Waals surface area (Å²) in [5, 5.41) is 0. The number of benzene rings is 1. The molecule has 0 bridgehead atoms. The number of halogens is 1. The molecule has 1 aromatic rings. The average molecular weight is 330 g/mol. The second-order valence-corrected chi connectivity index (χ2v) is 12.3. The van der Waals surface area contributed by atoms with Crippen LogP contribution in [-0.2, 0) is 0 Å². The first kappa shape index (κ1) is 13.0. The van der Waals surface area contributed by atoms with Crippen molar-refractivity contribution in [2.45, 2.75) is 33.5 Å². The summed E-state index contributed by atoms with van der Waals surface area (Å²) < 4.78 is 1.53. The molecule has 0 aromatic heterocycles. The minimum atomic E-state index is -1.13. The minimum Gasteiger partial charge on any atom is -0.0652 e. The summed E-state index contributed by atoms with van der Waals surface area (Å²) in [5.74, 6) is 0. The van der Waals surface area contributed by atoms with Gasteiger partial charge in [0.2, 0.25) is 0 Å². The summed E-state index contributed by atoms with van der Waals surface area (Å²) in [6, 6.07) is 6.66. The summed E-state index contributed by atoms with van der Waals surface area (Å²) in [6.45, 7) is 11.5. The third-order valence-electron chi connectivity index (χ3n) is 2.42. The van der Waals surface area contributed by atoms with Crippen LogP contribution in [0, 0.1) is 13.8 Å². The molecule has 0 saturated carbocycles. The van der Waals surface area contributed by atoms with Gasteiger partial charge >= 0.3 is 0 Å². The standard InChI is InChI=1S/C13H19ISi/c1-10-6-7-12(11(2)8-10)9-13(14)15(3,4)5/h6-9H,1-5H3/b13-9+. The first-order valence-electron chi connectivity index (χ1n) is 5.25.